The Labute approximate surface area is 170 Å². The predicted molar refractivity (Wildman–Crippen MR) is 107 cm³/mol. The summed E-state index contributed by atoms with van der Waals surface area (Å²) >= 11 is 0. The van der Waals surface area contributed by atoms with Gasteiger partial charge < -0.3 is 20.1 Å². The Morgan fingerprint density at radius 3 is 2.38 bits per heavy atom. The molecule has 164 valence electrons. The quantitative estimate of drug-likeness (QED) is 0.504. The van der Waals surface area contributed by atoms with Crippen molar-refractivity contribution in [2.75, 3.05) is 46.5 Å². The standard InChI is InChI=1S/C20H31F3N4O2/c1-15(2)18(27-8-10-28-11-9-27)13-26-19(24-3)25-12-16-4-6-17(7-5-16)29-14-20(21,22)23/h4-7,15,18H,8-14H2,1-3H3,(H2,24,25,26). The normalized spacial score (nSPS) is 17.3. The van der Waals surface area contributed by atoms with Crippen molar-refractivity contribution in [1.82, 2.24) is 15.5 Å². The van der Waals surface area contributed by atoms with Crippen LogP contribution in [0.25, 0.3) is 0 Å². The number of halogens is 3. The molecule has 1 atom stereocenters. The molecule has 0 spiro atoms. The van der Waals surface area contributed by atoms with Gasteiger partial charge in [0.05, 0.1) is 13.2 Å². The number of nitrogens with zero attached hydrogens (tertiary/aromatic N) is 2. The van der Waals surface area contributed by atoms with Crippen molar-refractivity contribution in [1.29, 1.82) is 0 Å². The highest BCUT2D eigenvalue weighted by Crippen LogP contribution is 2.19. The summed E-state index contributed by atoms with van der Waals surface area (Å²) < 4.78 is 46.8. The number of ether oxygens (including phenoxy) is 2. The molecule has 0 saturated carbocycles. The predicted octanol–water partition coefficient (Wildman–Crippen LogP) is 2.65. The third-order valence-electron chi connectivity index (χ3n) is 4.77. The van der Waals surface area contributed by atoms with Crippen LogP contribution in [0.15, 0.2) is 29.3 Å². The van der Waals surface area contributed by atoms with Crippen LogP contribution in [-0.2, 0) is 11.3 Å². The third kappa shape index (κ3) is 8.49. The smallest absolute Gasteiger partial charge is 0.422 e. The molecule has 1 aromatic carbocycles. The first kappa shape index (κ1) is 23.3. The maximum atomic E-state index is 12.2. The average Bonchev–Trinajstić information content (AvgIpc) is 2.69. The highest BCUT2D eigenvalue weighted by Gasteiger charge is 2.28. The highest BCUT2D eigenvalue weighted by atomic mass is 19.4. The van der Waals surface area contributed by atoms with Crippen LogP contribution in [0, 0.1) is 5.92 Å². The maximum Gasteiger partial charge on any atom is 0.422 e. The summed E-state index contributed by atoms with van der Waals surface area (Å²) in [5.74, 6) is 1.36. The van der Waals surface area contributed by atoms with E-state index in [1.54, 1.807) is 19.2 Å². The van der Waals surface area contributed by atoms with Crippen LogP contribution in [0.3, 0.4) is 0 Å². The topological polar surface area (TPSA) is 58.1 Å². The number of morpholine rings is 1. The number of guanidine groups is 1. The Bertz CT molecular complexity index is 630. The summed E-state index contributed by atoms with van der Waals surface area (Å²) in [4.78, 5) is 6.69. The number of alkyl halides is 3. The van der Waals surface area contributed by atoms with Crippen molar-refractivity contribution in [3.63, 3.8) is 0 Å². The zero-order chi connectivity index (χ0) is 21.3. The molecule has 1 unspecified atom stereocenters. The molecule has 0 aliphatic carbocycles. The Balaban J connectivity index is 1.80. The summed E-state index contributed by atoms with van der Waals surface area (Å²) in [5.41, 5.74) is 0.917. The van der Waals surface area contributed by atoms with Gasteiger partial charge in [-0.15, -0.1) is 0 Å². The van der Waals surface area contributed by atoms with Crippen molar-refractivity contribution in [2.45, 2.75) is 32.6 Å². The average molecular weight is 416 g/mol. The first-order valence-corrected chi connectivity index (χ1v) is 9.83. The van der Waals surface area contributed by atoms with Gasteiger partial charge in [-0.05, 0) is 23.6 Å². The maximum absolute atomic E-state index is 12.2. The molecule has 1 aliphatic rings. The second-order valence-electron chi connectivity index (χ2n) is 7.31. The fourth-order valence-electron chi connectivity index (χ4n) is 3.17. The van der Waals surface area contributed by atoms with Gasteiger partial charge in [-0.25, -0.2) is 0 Å². The molecule has 0 bridgehead atoms. The van der Waals surface area contributed by atoms with E-state index in [1.165, 1.54) is 12.1 Å². The molecule has 2 N–H and O–H groups in total. The van der Waals surface area contributed by atoms with Crippen molar-refractivity contribution in [3.05, 3.63) is 29.8 Å². The summed E-state index contributed by atoms with van der Waals surface area (Å²) in [6.07, 6.45) is -4.34. The van der Waals surface area contributed by atoms with Gasteiger partial charge in [0.25, 0.3) is 0 Å². The molecule has 9 heteroatoms. The van der Waals surface area contributed by atoms with Crippen molar-refractivity contribution >= 4 is 5.96 Å². The highest BCUT2D eigenvalue weighted by molar-refractivity contribution is 5.79. The minimum absolute atomic E-state index is 0.193. The molecule has 29 heavy (non-hydrogen) atoms. The number of rotatable bonds is 8. The first-order chi connectivity index (χ1) is 13.8. The van der Waals surface area contributed by atoms with E-state index in [4.69, 9.17) is 9.47 Å². The van der Waals surface area contributed by atoms with Crippen molar-refractivity contribution in [3.8, 4) is 5.75 Å². The molecule has 0 amide bonds. The Kier molecular flexibility index (Phi) is 9.03. The van der Waals surface area contributed by atoms with E-state index in [0.717, 1.165) is 38.4 Å². The van der Waals surface area contributed by atoms with E-state index in [9.17, 15) is 13.2 Å². The molecule has 1 heterocycles. The summed E-state index contributed by atoms with van der Waals surface area (Å²) in [7, 11) is 1.71. The lowest BCUT2D eigenvalue weighted by Crippen LogP contribution is -2.52. The fourth-order valence-corrected chi connectivity index (χ4v) is 3.17. The van der Waals surface area contributed by atoms with E-state index in [-0.39, 0.29) is 5.75 Å². The van der Waals surface area contributed by atoms with E-state index in [1.807, 2.05) is 0 Å². The van der Waals surface area contributed by atoms with Crippen LogP contribution in [-0.4, -0.2) is 69.6 Å². The molecule has 6 nitrogen and oxygen atoms in total. The van der Waals surface area contributed by atoms with Crippen molar-refractivity contribution < 1.29 is 22.6 Å². The summed E-state index contributed by atoms with van der Waals surface area (Å²) in [6, 6.07) is 6.91. The van der Waals surface area contributed by atoms with Crippen molar-refractivity contribution in [2.24, 2.45) is 10.9 Å². The third-order valence-corrected chi connectivity index (χ3v) is 4.77. The molecule has 1 aromatic rings. The Morgan fingerprint density at radius 2 is 1.83 bits per heavy atom. The van der Waals surface area contributed by atoms with E-state index in [0.29, 0.717) is 24.5 Å². The minimum Gasteiger partial charge on any atom is -0.484 e. The number of hydrogen-bond donors (Lipinski definition) is 2. The molecule has 1 saturated heterocycles. The van der Waals surface area contributed by atoms with E-state index in [2.05, 4.69) is 34.4 Å². The second-order valence-corrected chi connectivity index (χ2v) is 7.31. The zero-order valence-electron chi connectivity index (χ0n) is 17.3. The summed E-state index contributed by atoms with van der Waals surface area (Å²) in [5, 5.41) is 6.61. The van der Waals surface area contributed by atoms with Gasteiger partial charge in [-0.1, -0.05) is 26.0 Å². The lowest BCUT2D eigenvalue weighted by atomic mass is 10.0. The van der Waals surface area contributed by atoms with Crippen LogP contribution < -0.4 is 15.4 Å². The van der Waals surface area contributed by atoms with Crippen LogP contribution in [0.5, 0.6) is 5.75 Å². The van der Waals surface area contributed by atoms with Gasteiger partial charge >= 0.3 is 6.18 Å². The first-order valence-electron chi connectivity index (χ1n) is 9.83. The van der Waals surface area contributed by atoms with Gasteiger partial charge in [0.15, 0.2) is 12.6 Å². The second kappa shape index (κ2) is 11.3. The molecular formula is C20H31F3N4O2. The SMILES string of the molecule is CN=C(NCc1ccc(OCC(F)(F)F)cc1)NCC(C(C)C)N1CCOCC1. The Hall–Kier alpha value is -2.00. The van der Waals surface area contributed by atoms with Gasteiger partial charge in [0.2, 0.25) is 0 Å². The van der Waals surface area contributed by atoms with E-state index >= 15 is 0 Å². The number of nitrogens with one attached hydrogen (secondary N) is 2. The van der Waals surface area contributed by atoms with Gasteiger partial charge in [-0.2, -0.15) is 13.2 Å². The lowest BCUT2D eigenvalue weighted by molar-refractivity contribution is -0.153. The Morgan fingerprint density at radius 1 is 1.17 bits per heavy atom. The molecule has 2 rings (SSSR count). The largest absolute Gasteiger partial charge is 0.484 e. The molecule has 1 aliphatic heterocycles. The van der Waals surface area contributed by atoms with Gasteiger partial charge in [0.1, 0.15) is 5.75 Å². The van der Waals surface area contributed by atoms with Gasteiger partial charge in [-0.3, -0.25) is 9.89 Å². The van der Waals surface area contributed by atoms with Crippen LogP contribution in [0.1, 0.15) is 19.4 Å². The molecule has 0 radical (unpaired) electrons. The van der Waals surface area contributed by atoms with Crippen LogP contribution in [0.2, 0.25) is 0 Å². The number of benzene rings is 1. The molecule has 1 fully saturated rings. The van der Waals surface area contributed by atoms with Gasteiger partial charge in [0, 0.05) is 39.3 Å². The minimum atomic E-state index is -4.34. The van der Waals surface area contributed by atoms with E-state index < -0.39 is 12.8 Å². The fraction of sp³-hybridized carbons (Fsp3) is 0.650. The zero-order valence-corrected chi connectivity index (χ0v) is 17.3. The monoisotopic (exact) mass is 416 g/mol. The number of hydrogen-bond acceptors (Lipinski definition) is 4. The summed E-state index contributed by atoms with van der Waals surface area (Å²) in [6.45, 7) is 7.78. The molecule has 0 aromatic heterocycles. The van der Waals surface area contributed by atoms with Crippen LogP contribution >= 0.6 is 0 Å². The lowest BCUT2D eigenvalue weighted by Gasteiger charge is -2.37. The molecular weight excluding hydrogens is 385 g/mol. The van der Waals surface area contributed by atoms with Crippen LogP contribution in [0.4, 0.5) is 13.2 Å². The number of aliphatic imine (C=N–C) groups is 1.